The molecule has 0 aliphatic carbocycles. The third-order valence-electron chi connectivity index (χ3n) is 2.86. The number of aryl methyl sites for hydroxylation is 1. The molecule has 1 amide bonds. The van der Waals surface area contributed by atoms with Crippen LogP contribution in [0.25, 0.3) is 0 Å². The Balaban J connectivity index is 2.36. The van der Waals surface area contributed by atoms with Gasteiger partial charge in [-0.05, 0) is 36.8 Å². The number of nitrogens with zero attached hydrogens (tertiary/aromatic N) is 1. The van der Waals surface area contributed by atoms with Crippen LogP contribution >= 0.6 is 0 Å². The molecule has 0 saturated heterocycles. The van der Waals surface area contributed by atoms with E-state index in [9.17, 15) is 15.0 Å². The number of amides is 1. The first-order valence-electron chi connectivity index (χ1n) is 5.86. The Morgan fingerprint density at radius 1 is 1.20 bits per heavy atom. The van der Waals surface area contributed by atoms with Crippen LogP contribution in [-0.4, -0.2) is 16.1 Å². The van der Waals surface area contributed by atoms with E-state index in [4.69, 9.17) is 5.26 Å². The van der Waals surface area contributed by atoms with Gasteiger partial charge < -0.3 is 15.5 Å². The molecule has 0 aliphatic heterocycles. The molecule has 3 N–H and O–H groups in total. The first-order valence-corrected chi connectivity index (χ1v) is 5.86. The molecule has 0 spiro atoms. The number of nitriles is 1. The summed E-state index contributed by atoms with van der Waals surface area (Å²) in [6.07, 6.45) is 0. The van der Waals surface area contributed by atoms with Crippen LogP contribution in [0.4, 0.5) is 5.69 Å². The number of carbonyl (C=O) groups is 1. The highest BCUT2D eigenvalue weighted by atomic mass is 16.3. The molecule has 100 valence electrons. The van der Waals surface area contributed by atoms with Crippen molar-refractivity contribution < 1.29 is 15.0 Å². The Bertz CT molecular complexity index is 697. The molecule has 0 atom stereocenters. The first kappa shape index (κ1) is 13.4. The van der Waals surface area contributed by atoms with Crippen molar-refractivity contribution in [3.63, 3.8) is 0 Å². The average molecular weight is 268 g/mol. The summed E-state index contributed by atoms with van der Waals surface area (Å²) >= 11 is 0. The standard InChI is InChI=1S/C15H12N2O3/c1-9-5-6-10(8-16)7-11(9)17-15(20)14-12(18)3-2-4-13(14)19/h2-7,18-19H,1H3,(H,17,20). The van der Waals surface area contributed by atoms with Gasteiger partial charge in [-0.2, -0.15) is 5.26 Å². The van der Waals surface area contributed by atoms with E-state index in [1.54, 1.807) is 19.1 Å². The smallest absolute Gasteiger partial charge is 0.263 e. The fourth-order valence-corrected chi connectivity index (χ4v) is 1.77. The van der Waals surface area contributed by atoms with Crippen molar-refractivity contribution in [3.05, 3.63) is 53.1 Å². The van der Waals surface area contributed by atoms with Crippen LogP contribution in [0.15, 0.2) is 36.4 Å². The molecule has 0 aromatic heterocycles. The van der Waals surface area contributed by atoms with Crippen molar-refractivity contribution >= 4 is 11.6 Å². The van der Waals surface area contributed by atoms with Gasteiger partial charge in [0.05, 0.1) is 11.6 Å². The van der Waals surface area contributed by atoms with Crippen LogP contribution < -0.4 is 5.32 Å². The summed E-state index contributed by atoms with van der Waals surface area (Å²) in [5.41, 5.74) is 1.44. The highest BCUT2D eigenvalue weighted by Crippen LogP contribution is 2.27. The van der Waals surface area contributed by atoms with E-state index in [1.807, 2.05) is 6.07 Å². The van der Waals surface area contributed by atoms with Crippen LogP contribution in [0.3, 0.4) is 0 Å². The minimum Gasteiger partial charge on any atom is -0.507 e. The summed E-state index contributed by atoms with van der Waals surface area (Å²) < 4.78 is 0. The Morgan fingerprint density at radius 2 is 1.85 bits per heavy atom. The lowest BCUT2D eigenvalue weighted by Crippen LogP contribution is -2.13. The minimum absolute atomic E-state index is 0.200. The monoisotopic (exact) mass is 268 g/mol. The van der Waals surface area contributed by atoms with Gasteiger partial charge in [0.1, 0.15) is 17.1 Å². The summed E-state index contributed by atoms with van der Waals surface area (Å²) in [5.74, 6) is -1.26. The second-order valence-electron chi connectivity index (χ2n) is 4.27. The molecule has 5 nitrogen and oxygen atoms in total. The molecule has 0 radical (unpaired) electrons. The molecule has 5 heteroatoms. The predicted molar refractivity (Wildman–Crippen MR) is 73.6 cm³/mol. The number of phenolic OH excluding ortho intramolecular Hbond substituents is 2. The zero-order valence-electron chi connectivity index (χ0n) is 10.7. The number of carbonyl (C=O) groups excluding carboxylic acids is 1. The second-order valence-corrected chi connectivity index (χ2v) is 4.27. The predicted octanol–water partition coefficient (Wildman–Crippen LogP) is 2.53. The fraction of sp³-hybridized carbons (Fsp3) is 0.0667. The molecule has 20 heavy (non-hydrogen) atoms. The highest BCUT2D eigenvalue weighted by Gasteiger charge is 2.16. The largest absolute Gasteiger partial charge is 0.507 e. The topological polar surface area (TPSA) is 93.4 Å². The Labute approximate surface area is 115 Å². The highest BCUT2D eigenvalue weighted by molar-refractivity contribution is 6.08. The number of benzene rings is 2. The van der Waals surface area contributed by atoms with E-state index >= 15 is 0 Å². The first-order chi connectivity index (χ1) is 9.52. The molecule has 2 rings (SSSR count). The Kier molecular flexibility index (Phi) is 3.58. The van der Waals surface area contributed by atoms with E-state index in [1.165, 1.54) is 24.3 Å². The summed E-state index contributed by atoms with van der Waals surface area (Å²) in [5, 5.41) is 30.7. The van der Waals surface area contributed by atoms with Crippen molar-refractivity contribution in [2.45, 2.75) is 6.92 Å². The Hall–Kier alpha value is -3.00. The number of anilines is 1. The molecule has 0 saturated carbocycles. The third-order valence-corrected chi connectivity index (χ3v) is 2.86. The molecular weight excluding hydrogens is 256 g/mol. The van der Waals surface area contributed by atoms with Crippen LogP contribution in [0, 0.1) is 18.3 Å². The molecule has 2 aromatic carbocycles. The summed E-state index contributed by atoms with van der Waals surface area (Å²) in [6.45, 7) is 1.78. The Morgan fingerprint density at radius 3 is 2.45 bits per heavy atom. The van der Waals surface area contributed by atoms with E-state index in [0.717, 1.165) is 5.56 Å². The number of nitrogens with one attached hydrogen (secondary N) is 1. The van der Waals surface area contributed by atoms with E-state index < -0.39 is 5.91 Å². The van der Waals surface area contributed by atoms with Crippen molar-refractivity contribution in [1.29, 1.82) is 5.26 Å². The third kappa shape index (κ3) is 2.54. The van der Waals surface area contributed by atoms with Crippen molar-refractivity contribution in [2.75, 3.05) is 5.32 Å². The number of phenols is 2. The van der Waals surface area contributed by atoms with Crippen LogP contribution in [0.5, 0.6) is 11.5 Å². The van der Waals surface area contributed by atoms with Gasteiger partial charge in [0.15, 0.2) is 0 Å². The zero-order chi connectivity index (χ0) is 14.7. The average Bonchev–Trinajstić information content (AvgIpc) is 2.41. The summed E-state index contributed by atoms with van der Waals surface area (Å²) in [4.78, 5) is 12.1. The molecule has 0 bridgehead atoms. The number of rotatable bonds is 2. The van der Waals surface area contributed by atoms with Crippen molar-refractivity contribution in [2.24, 2.45) is 0 Å². The minimum atomic E-state index is -0.640. The maximum atomic E-state index is 12.1. The zero-order valence-corrected chi connectivity index (χ0v) is 10.7. The maximum absolute atomic E-state index is 12.1. The molecular formula is C15H12N2O3. The molecule has 0 unspecified atom stereocenters. The van der Waals surface area contributed by atoms with Gasteiger partial charge in [-0.1, -0.05) is 12.1 Å². The second kappa shape index (κ2) is 5.33. The summed E-state index contributed by atoms with van der Waals surface area (Å²) in [6, 6.07) is 10.9. The van der Waals surface area contributed by atoms with Crippen LogP contribution in [-0.2, 0) is 0 Å². The molecule has 2 aromatic rings. The molecule has 0 heterocycles. The van der Waals surface area contributed by atoms with Crippen LogP contribution in [0.1, 0.15) is 21.5 Å². The lowest BCUT2D eigenvalue weighted by molar-refractivity contribution is 0.102. The maximum Gasteiger partial charge on any atom is 0.263 e. The lowest BCUT2D eigenvalue weighted by Gasteiger charge is -2.10. The fourth-order valence-electron chi connectivity index (χ4n) is 1.77. The normalized spacial score (nSPS) is 9.80. The number of hydrogen-bond acceptors (Lipinski definition) is 4. The SMILES string of the molecule is Cc1ccc(C#N)cc1NC(=O)c1c(O)cccc1O. The van der Waals surface area contributed by atoms with Gasteiger partial charge in [-0.3, -0.25) is 4.79 Å². The quantitative estimate of drug-likeness (QED) is 0.780. The van der Waals surface area contributed by atoms with Crippen molar-refractivity contribution in [3.8, 4) is 17.6 Å². The lowest BCUT2D eigenvalue weighted by atomic mass is 10.1. The van der Waals surface area contributed by atoms with E-state index in [-0.39, 0.29) is 17.1 Å². The van der Waals surface area contributed by atoms with Crippen LogP contribution in [0.2, 0.25) is 0 Å². The van der Waals surface area contributed by atoms with Gasteiger partial charge in [0.2, 0.25) is 0 Å². The van der Waals surface area contributed by atoms with Crippen molar-refractivity contribution in [1.82, 2.24) is 0 Å². The molecule has 0 aliphatic rings. The van der Waals surface area contributed by atoms with Gasteiger partial charge in [0.25, 0.3) is 5.91 Å². The van der Waals surface area contributed by atoms with Gasteiger partial charge >= 0.3 is 0 Å². The van der Waals surface area contributed by atoms with Gasteiger partial charge in [-0.15, -0.1) is 0 Å². The molecule has 0 fully saturated rings. The summed E-state index contributed by atoms with van der Waals surface area (Å²) in [7, 11) is 0. The van der Waals surface area contributed by atoms with Gasteiger partial charge in [0, 0.05) is 5.69 Å². The van der Waals surface area contributed by atoms with Gasteiger partial charge in [-0.25, -0.2) is 0 Å². The number of aromatic hydroxyl groups is 2. The number of hydrogen-bond donors (Lipinski definition) is 3. The van der Waals surface area contributed by atoms with E-state index in [2.05, 4.69) is 5.32 Å². The van der Waals surface area contributed by atoms with E-state index in [0.29, 0.717) is 11.3 Å².